The summed E-state index contributed by atoms with van der Waals surface area (Å²) < 4.78 is 0. The van der Waals surface area contributed by atoms with E-state index in [0.29, 0.717) is 10.8 Å². The summed E-state index contributed by atoms with van der Waals surface area (Å²) in [4.78, 5) is 0. The summed E-state index contributed by atoms with van der Waals surface area (Å²) in [7, 11) is 0. The lowest BCUT2D eigenvalue weighted by Crippen LogP contribution is -2.42. The highest BCUT2D eigenvalue weighted by molar-refractivity contribution is 8.00. The molecule has 72 valence electrons. The minimum Gasteiger partial charge on any atom is -0.301 e. The summed E-state index contributed by atoms with van der Waals surface area (Å²) in [6, 6.07) is 0.729. The van der Waals surface area contributed by atoms with Gasteiger partial charge in [0, 0.05) is 11.8 Å². The smallest absolute Gasteiger partial charge is 0.0506 e. The van der Waals surface area contributed by atoms with E-state index >= 15 is 0 Å². The van der Waals surface area contributed by atoms with Crippen LogP contribution in [0.2, 0.25) is 0 Å². The normalized spacial score (nSPS) is 31.0. The predicted octanol–water partition coefficient (Wildman–Crippen LogP) is 2.86. The van der Waals surface area contributed by atoms with Gasteiger partial charge in [0.2, 0.25) is 0 Å². The molecule has 1 N–H and O–H groups in total. The maximum atomic E-state index is 3.66. The number of hydrogen-bond acceptors (Lipinski definition) is 2. The predicted molar refractivity (Wildman–Crippen MR) is 57.5 cm³/mol. The van der Waals surface area contributed by atoms with Crippen molar-refractivity contribution in [1.82, 2.24) is 5.32 Å². The Morgan fingerprint density at radius 3 is 2.33 bits per heavy atom. The molecule has 0 saturated carbocycles. The van der Waals surface area contributed by atoms with Gasteiger partial charge in [0.15, 0.2) is 0 Å². The maximum Gasteiger partial charge on any atom is 0.0506 e. The van der Waals surface area contributed by atoms with E-state index < -0.39 is 0 Å². The lowest BCUT2D eigenvalue weighted by atomic mass is 9.78. The molecule has 0 spiro atoms. The topological polar surface area (TPSA) is 12.0 Å². The van der Waals surface area contributed by atoms with Gasteiger partial charge in [0.1, 0.15) is 0 Å². The molecule has 2 atom stereocenters. The monoisotopic (exact) mass is 187 g/mol. The fourth-order valence-electron chi connectivity index (χ4n) is 1.77. The van der Waals surface area contributed by atoms with E-state index in [1.54, 1.807) is 0 Å². The van der Waals surface area contributed by atoms with Crippen molar-refractivity contribution in [2.24, 2.45) is 5.41 Å². The van der Waals surface area contributed by atoms with E-state index in [9.17, 15) is 0 Å². The Labute approximate surface area is 80.7 Å². The Kier molecular flexibility index (Phi) is 3.47. The first-order valence-corrected chi connectivity index (χ1v) is 6.05. The fourth-order valence-corrected chi connectivity index (χ4v) is 3.01. The molecule has 1 saturated heterocycles. The van der Waals surface area contributed by atoms with Crippen molar-refractivity contribution >= 4 is 11.8 Å². The van der Waals surface area contributed by atoms with Gasteiger partial charge in [0.25, 0.3) is 0 Å². The average Bonchev–Trinajstić information content (AvgIpc) is 2.51. The molecular formula is C10H21NS. The Morgan fingerprint density at radius 2 is 2.00 bits per heavy atom. The van der Waals surface area contributed by atoms with Gasteiger partial charge >= 0.3 is 0 Å². The maximum absolute atomic E-state index is 3.66. The zero-order valence-electron chi connectivity index (χ0n) is 8.68. The lowest BCUT2D eigenvalue weighted by Gasteiger charge is -2.33. The highest BCUT2D eigenvalue weighted by atomic mass is 32.2. The molecule has 0 amide bonds. The van der Waals surface area contributed by atoms with Gasteiger partial charge in [-0.15, -0.1) is 11.8 Å². The van der Waals surface area contributed by atoms with Gasteiger partial charge in [-0.2, -0.15) is 0 Å². The third-order valence-corrected chi connectivity index (χ3v) is 4.57. The van der Waals surface area contributed by atoms with Gasteiger partial charge in [-0.1, -0.05) is 20.8 Å². The summed E-state index contributed by atoms with van der Waals surface area (Å²) >= 11 is 2.05. The molecule has 0 aromatic heterocycles. The average molecular weight is 187 g/mol. The standard InChI is InChI=1S/C10H21NS/c1-5-10(4,6-2)9-7-12-8(3)11-9/h8-9,11H,5-7H2,1-4H3. The van der Waals surface area contributed by atoms with Crippen LogP contribution in [0.25, 0.3) is 0 Å². The summed E-state index contributed by atoms with van der Waals surface area (Å²) in [5.41, 5.74) is 0.512. The molecule has 0 aliphatic carbocycles. The van der Waals surface area contributed by atoms with Gasteiger partial charge in [-0.25, -0.2) is 0 Å². The first kappa shape index (κ1) is 10.4. The summed E-state index contributed by atoms with van der Waals surface area (Å²) in [6.07, 6.45) is 2.57. The Hall–Kier alpha value is 0.310. The Morgan fingerprint density at radius 1 is 1.42 bits per heavy atom. The van der Waals surface area contributed by atoms with E-state index in [-0.39, 0.29) is 0 Å². The van der Waals surface area contributed by atoms with Crippen molar-refractivity contribution in [2.75, 3.05) is 5.75 Å². The molecule has 2 heteroatoms. The molecule has 1 heterocycles. The summed E-state index contributed by atoms with van der Waals surface area (Å²) in [5.74, 6) is 1.29. The van der Waals surface area contributed by atoms with Crippen molar-refractivity contribution < 1.29 is 0 Å². The van der Waals surface area contributed by atoms with Crippen molar-refractivity contribution in [1.29, 1.82) is 0 Å². The van der Waals surface area contributed by atoms with Gasteiger partial charge in [0.05, 0.1) is 5.37 Å². The molecule has 0 aromatic carbocycles. The number of rotatable bonds is 3. The van der Waals surface area contributed by atoms with Crippen LogP contribution in [0, 0.1) is 5.41 Å². The zero-order valence-corrected chi connectivity index (χ0v) is 9.50. The van der Waals surface area contributed by atoms with Gasteiger partial charge in [-0.05, 0) is 25.2 Å². The Balaban J connectivity index is 2.55. The summed E-state index contributed by atoms with van der Waals surface area (Å²) in [6.45, 7) is 9.28. The van der Waals surface area contributed by atoms with Crippen molar-refractivity contribution in [3.8, 4) is 0 Å². The van der Waals surface area contributed by atoms with Crippen LogP contribution in [0.1, 0.15) is 40.5 Å². The van der Waals surface area contributed by atoms with E-state index in [0.717, 1.165) is 6.04 Å². The highest BCUT2D eigenvalue weighted by Gasteiger charge is 2.35. The third kappa shape index (κ3) is 1.97. The van der Waals surface area contributed by atoms with Crippen LogP contribution >= 0.6 is 11.8 Å². The number of nitrogens with one attached hydrogen (secondary N) is 1. The van der Waals surface area contributed by atoms with Crippen molar-refractivity contribution in [3.05, 3.63) is 0 Å². The van der Waals surface area contributed by atoms with Crippen LogP contribution in [0.5, 0.6) is 0 Å². The van der Waals surface area contributed by atoms with Crippen LogP contribution in [-0.2, 0) is 0 Å². The first-order valence-electron chi connectivity index (χ1n) is 5.00. The van der Waals surface area contributed by atoms with Crippen LogP contribution in [0.3, 0.4) is 0 Å². The second-order valence-electron chi connectivity index (χ2n) is 4.06. The van der Waals surface area contributed by atoms with Gasteiger partial charge < -0.3 is 5.32 Å². The number of thioether (sulfide) groups is 1. The van der Waals surface area contributed by atoms with Gasteiger partial charge in [-0.3, -0.25) is 0 Å². The second-order valence-corrected chi connectivity index (χ2v) is 5.43. The van der Waals surface area contributed by atoms with E-state index in [2.05, 4.69) is 44.8 Å². The second kappa shape index (κ2) is 4.01. The van der Waals surface area contributed by atoms with Crippen LogP contribution < -0.4 is 5.32 Å². The van der Waals surface area contributed by atoms with Crippen LogP contribution in [0.15, 0.2) is 0 Å². The SMILES string of the molecule is CCC(C)(CC)C1CSC(C)N1. The molecule has 0 aromatic rings. The zero-order chi connectivity index (χ0) is 9.19. The minimum absolute atomic E-state index is 0.512. The molecule has 12 heavy (non-hydrogen) atoms. The quantitative estimate of drug-likeness (QED) is 0.729. The van der Waals surface area contributed by atoms with E-state index in [1.807, 2.05) is 0 Å². The van der Waals surface area contributed by atoms with Crippen molar-refractivity contribution in [2.45, 2.75) is 52.0 Å². The molecule has 1 rings (SSSR count). The van der Waals surface area contributed by atoms with Crippen LogP contribution in [0.4, 0.5) is 0 Å². The molecule has 0 radical (unpaired) electrons. The Bertz CT molecular complexity index is 143. The van der Waals surface area contributed by atoms with Crippen molar-refractivity contribution in [3.63, 3.8) is 0 Å². The van der Waals surface area contributed by atoms with E-state index in [1.165, 1.54) is 18.6 Å². The summed E-state index contributed by atoms with van der Waals surface area (Å²) in [5, 5.41) is 4.32. The molecule has 1 fully saturated rings. The first-order chi connectivity index (χ1) is 5.62. The molecule has 0 bridgehead atoms. The molecule has 1 nitrogen and oxygen atoms in total. The molecular weight excluding hydrogens is 166 g/mol. The third-order valence-electron chi connectivity index (χ3n) is 3.41. The largest absolute Gasteiger partial charge is 0.301 e. The molecule has 1 aliphatic heterocycles. The van der Waals surface area contributed by atoms with E-state index in [4.69, 9.17) is 0 Å². The molecule has 2 unspecified atom stereocenters. The van der Waals surface area contributed by atoms with Crippen LogP contribution in [-0.4, -0.2) is 17.2 Å². The lowest BCUT2D eigenvalue weighted by molar-refractivity contribution is 0.219. The molecule has 1 aliphatic rings. The number of hydrogen-bond donors (Lipinski definition) is 1. The fraction of sp³-hybridized carbons (Fsp3) is 1.00. The minimum atomic E-state index is 0.512. The highest BCUT2D eigenvalue weighted by Crippen LogP contribution is 2.36.